The Labute approximate surface area is 315 Å². The van der Waals surface area contributed by atoms with Crippen molar-refractivity contribution < 1.29 is 33.9 Å². The molecule has 0 bridgehead atoms. The molecule has 1 aliphatic heterocycles. The van der Waals surface area contributed by atoms with E-state index in [1.165, 1.54) is 0 Å². The van der Waals surface area contributed by atoms with Crippen molar-refractivity contribution in [3.05, 3.63) is 177 Å². The maximum absolute atomic E-state index is 11.6. The van der Waals surface area contributed by atoms with Crippen LogP contribution in [0.3, 0.4) is 0 Å². The van der Waals surface area contributed by atoms with Gasteiger partial charge in [0, 0.05) is 10.4 Å². The summed E-state index contributed by atoms with van der Waals surface area (Å²) in [6.07, 6.45) is -4.51. The Bertz CT molecular complexity index is 1760. The molecule has 0 aromatic heterocycles. The summed E-state index contributed by atoms with van der Waals surface area (Å²) in [5.41, 5.74) is 5.82. The first kappa shape index (κ1) is 38.0. The molecular formula is C44H47BrO7. The predicted octanol–water partition coefficient (Wildman–Crippen LogP) is 7.93. The zero-order chi connectivity index (χ0) is 36.1. The number of hydrogen-bond acceptors (Lipinski definition) is 7. The van der Waals surface area contributed by atoms with Crippen LogP contribution in [0.4, 0.5) is 0 Å². The summed E-state index contributed by atoms with van der Waals surface area (Å²) >= 11 is 3.59. The van der Waals surface area contributed by atoms with Gasteiger partial charge in [0.2, 0.25) is 0 Å². The van der Waals surface area contributed by atoms with Crippen LogP contribution in [0.15, 0.2) is 144 Å². The first-order chi connectivity index (χ1) is 25.5. The molecular weight excluding hydrogens is 720 g/mol. The van der Waals surface area contributed by atoms with Crippen molar-refractivity contribution in [2.45, 2.75) is 75.9 Å². The molecule has 7 atom stereocenters. The molecule has 2 unspecified atom stereocenters. The highest BCUT2D eigenvalue weighted by atomic mass is 79.9. The fourth-order valence-electron chi connectivity index (χ4n) is 6.84. The third kappa shape index (κ3) is 10.2. The van der Waals surface area contributed by atoms with Crippen molar-refractivity contribution in [3.8, 4) is 0 Å². The fraction of sp³-hybridized carbons (Fsp3) is 0.318. The van der Waals surface area contributed by atoms with Gasteiger partial charge in [0.1, 0.15) is 24.4 Å². The number of aliphatic hydroxyl groups is 2. The molecule has 2 N–H and O–H groups in total. The lowest BCUT2D eigenvalue weighted by Gasteiger charge is -2.49. The molecule has 0 radical (unpaired) electrons. The molecule has 272 valence electrons. The van der Waals surface area contributed by atoms with E-state index in [1.807, 2.05) is 146 Å². The Kier molecular flexibility index (Phi) is 14.2. The molecule has 1 fully saturated rings. The SMILES string of the molecule is Cc1cc(Br)ccc1C(C(O)CO)[C@H]1O[C@H](COCc2ccccc2)[C@@H](OCc2ccccc2)[C@H](OCc2ccccc2)[C@@H]1OCc1ccccc1. The van der Waals surface area contributed by atoms with Crippen LogP contribution in [-0.2, 0) is 50.1 Å². The average molecular weight is 768 g/mol. The summed E-state index contributed by atoms with van der Waals surface area (Å²) in [4.78, 5) is 0. The van der Waals surface area contributed by atoms with Gasteiger partial charge in [-0.15, -0.1) is 0 Å². The van der Waals surface area contributed by atoms with Crippen molar-refractivity contribution in [2.24, 2.45) is 0 Å². The smallest absolute Gasteiger partial charge is 0.115 e. The number of rotatable bonds is 17. The molecule has 1 aliphatic rings. The minimum Gasteiger partial charge on any atom is -0.394 e. The van der Waals surface area contributed by atoms with Crippen LogP contribution in [-0.4, -0.2) is 60.1 Å². The van der Waals surface area contributed by atoms with Crippen LogP contribution >= 0.6 is 15.9 Å². The van der Waals surface area contributed by atoms with Crippen LogP contribution in [0.5, 0.6) is 0 Å². The van der Waals surface area contributed by atoms with Crippen molar-refractivity contribution in [2.75, 3.05) is 13.2 Å². The van der Waals surface area contributed by atoms with Gasteiger partial charge in [0.05, 0.1) is 51.8 Å². The molecule has 52 heavy (non-hydrogen) atoms. The van der Waals surface area contributed by atoms with E-state index >= 15 is 0 Å². The molecule has 6 rings (SSSR count). The lowest BCUT2D eigenvalue weighted by Crippen LogP contribution is -2.63. The third-order valence-electron chi connectivity index (χ3n) is 9.47. The number of aryl methyl sites for hydroxylation is 1. The maximum atomic E-state index is 11.6. The minimum absolute atomic E-state index is 0.197. The second kappa shape index (κ2) is 19.4. The maximum Gasteiger partial charge on any atom is 0.115 e. The second-order valence-corrected chi connectivity index (χ2v) is 14.1. The van der Waals surface area contributed by atoms with Gasteiger partial charge in [-0.1, -0.05) is 143 Å². The van der Waals surface area contributed by atoms with E-state index in [1.54, 1.807) is 0 Å². The Balaban J connectivity index is 1.42. The Morgan fingerprint density at radius 3 is 1.56 bits per heavy atom. The molecule has 1 saturated heterocycles. The summed E-state index contributed by atoms with van der Waals surface area (Å²) in [5.74, 6) is -0.673. The van der Waals surface area contributed by atoms with Crippen LogP contribution in [0.2, 0.25) is 0 Å². The highest BCUT2D eigenvalue weighted by molar-refractivity contribution is 9.10. The molecule has 5 aromatic carbocycles. The summed E-state index contributed by atoms with van der Waals surface area (Å²) in [7, 11) is 0. The summed E-state index contributed by atoms with van der Waals surface area (Å²) in [6, 6.07) is 45.9. The first-order valence-corrected chi connectivity index (χ1v) is 18.6. The molecule has 1 heterocycles. The standard InChI is InChI=1S/C44H47BrO7/c1-31-24-36(45)22-23-37(31)40(38(47)25-46)42-44(51-29-35-20-12-5-13-21-35)43(50-28-34-18-10-4-11-19-34)41(49-27-33-16-8-3-9-17-33)39(52-42)30-48-26-32-14-6-2-7-15-32/h2-24,38-44,46-47H,25-30H2,1H3/t38?,39-,40?,41-,42-,43+,44-/m1/s1. The van der Waals surface area contributed by atoms with Crippen LogP contribution < -0.4 is 0 Å². The van der Waals surface area contributed by atoms with Gasteiger partial charge in [-0.25, -0.2) is 0 Å². The van der Waals surface area contributed by atoms with Crippen LogP contribution in [0.25, 0.3) is 0 Å². The number of ether oxygens (including phenoxy) is 5. The molecule has 8 heteroatoms. The van der Waals surface area contributed by atoms with Crippen LogP contribution in [0.1, 0.15) is 39.3 Å². The molecule has 0 aliphatic carbocycles. The largest absolute Gasteiger partial charge is 0.394 e. The summed E-state index contributed by atoms with van der Waals surface area (Å²) < 4.78 is 35.0. The van der Waals surface area contributed by atoms with E-state index in [2.05, 4.69) is 15.9 Å². The lowest BCUT2D eigenvalue weighted by molar-refractivity contribution is -0.280. The van der Waals surface area contributed by atoms with Gasteiger partial charge >= 0.3 is 0 Å². The van der Waals surface area contributed by atoms with E-state index in [9.17, 15) is 10.2 Å². The van der Waals surface area contributed by atoms with Gasteiger partial charge in [0.25, 0.3) is 0 Å². The number of hydrogen-bond donors (Lipinski definition) is 2. The highest BCUT2D eigenvalue weighted by Crippen LogP contribution is 2.40. The van der Waals surface area contributed by atoms with Crippen molar-refractivity contribution in [1.29, 1.82) is 0 Å². The van der Waals surface area contributed by atoms with E-state index < -0.39 is 49.1 Å². The van der Waals surface area contributed by atoms with Crippen molar-refractivity contribution in [1.82, 2.24) is 0 Å². The number of aliphatic hydroxyl groups excluding tert-OH is 2. The minimum atomic E-state index is -1.16. The quantitative estimate of drug-likeness (QED) is 0.0995. The summed E-state index contributed by atoms with van der Waals surface area (Å²) in [6.45, 7) is 3.01. The van der Waals surface area contributed by atoms with Gasteiger partial charge in [0.15, 0.2) is 0 Å². The fourth-order valence-corrected chi connectivity index (χ4v) is 7.32. The number of benzene rings is 5. The molecule has 0 spiro atoms. The Hall–Kier alpha value is -3.70. The van der Waals surface area contributed by atoms with E-state index in [4.69, 9.17) is 23.7 Å². The Morgan fingerprint density at radius 1 is 0.615 bits per heavy atom. The van der Waals surface area contributed by atoms with Gasteiger partial charge in [-0.2, -0.15) is 0 Å². The van der Waals surface area contributed by atoms with Crippen molar-refractivity contribution >= 4 is 15.9 Å². The van der Waals surface area contributed by atoms with Gasteiger partial charge in [-0.3, -0.25) is 0 Å². The molecule has 7 nitrogen and oxygen atoms in total. The van der Waals surface area contributed by atoms with Gasteiger partial charge < -0.3 is 33.9 Å². The van der Waals surface area contributed by atoms with E-state index in [0.717, 1.165) is 37.9 Å². The normalized spacial score (nSPS) is 21.4. The van der Waals surface area contributed by atoms with E-state index in [-0.39, 0.29) is 13.2 Å². The zero-order valence-corrected chi connectivity index (χ0v) is 31.0. The summed E-state index contributed by atoms with van der Waals surface area (Å²) in [5, 5.41) is 22.2. The van der Waals surface area contributed by atoms with Gasteiger partial charge in [-0.05, 0) is 52.4 Å². The third-order valence-corrected chi connectivity index (χ3v) is 9.96. The van der Waals surface area contributed by atoms with Crippen molar-refractivity contribution in [3.63, 3.8) is 0 Å². The second-order valence-electron chi connectivity index (χ2n) is 13.2. The average Bonchev–Trinajstić information content (AvgIpc) is 3.18. The first-order valence-electron chi connectivity index (χ1n) is 17.8. The Morgan fingerprint density at radius 2 is 1.08 bits per heavy atom. The highest BCUT2D eigenvalue weighted by Gasteiger charge is 2.52. The van der Waals surface area contributed by atoms with E-state index in [0.29, 0.717) is 19.8 Å². The van der Waals surface area contributed by atoms with Crippen LogP contribution in [0, 0.1) is 6.92 Å². The number of halogens is 1. The molecule has 0 saturated carbocycles. The molecule has 0 amide bonds. The topological polar surface area (TPSA) is 86.6 Å². The lowest BCUT2D eigenvalue weighted by atomic mass is 9.79. The monoisotopic (exact) mass is 766 g/mol. The zero-order valence-electron chi connectivity index (χ0n) is 29.4. The molecule has 5 aromatic rings. The predicted molar refractivity (Wildman–Crippen MR) is 205 cm³/mol.